The molecule has 2 fully saturated rings. The van der Waals surface area contributed by atoms with Gasteiger partial charge in [0.2, 0.25) is 24.2 Å². The number of carboxylic acids is 1. The summed E-state index contributed by atoms with van der Waals surface area (Å²) in [5.74, 6) is -4.91. The highest BCUT2D eigenvalue weighted by molar-refractivity contribution is 5.99. The molecule has 454 valence electrons. The molecular weight excluding hydrogens is 1110 g/mol. The number of phenols is 1. The minimum absolute atomic E-state index is 0.0277. The number of nitrogens with two attached hydrogens (primary N) is 1. The molecule has 0 radical (unpaired) electrons. The van der Waals surface area contributed by atoms with Gasteiger partial charge in [-0.15, -0.1) is 0 Å². The molecule has 6 aromatic rings. The van der Waals surface area contributed by atoms with Crippen molar-refractivity contribution in [2.24, 2.45) is 16.6 Å². The summed E-state index contributed by atoms with van der Waals surface area (Å²) in [5, 5.41) is 116. The number of aliphatic hydroxyl groups is 7. The summed E-state index contributed by atoms with van der Waals surface area (Å²) in [6, 6.07) is 11.8. The van der Waals surface area contributed by atoms with Crippen molar-refractivity contribution in [3.63, 3.8) is 0 Å². The van der Waals surface area contributed by atoms with E-state index in [2.05, 4.69) is 31.2 Å². The molecule has 27 heteroatoms. The zero-order valence-corrected chi connectivity index (χ0v) is 46.1. The van der Waals surface area contributed by atoms with Gasteiger partial charge in [0.25, 0.3) is 0 Å². The number of aliphatic carboxylic acids is 1. The first-order valence-corrected chi connectivity index (χ1v) is 27.3. The van der Waals surface area contributed by atoms with Crippen LogP contribution in [-0.4, -0.2) is 191 Å². The van der Waals surface area contributed by atoms with Gasteiger partial charge in [-0.1, -0.05) is 41.5 Å². The zero-order chi connectivity index (χ0) is 61.0. The lowest BCUT2D eigenvalue weighted by molar-refractivity contribution is -0.400. The molecule has 0 bridgehead atoms. The maximum atomic E-state index is 14.5. The molecule has 3 aromatic carbocycles. The molecule has 0 spiro atoms. The fourth-order valence-electron chi connectivity index (χ4n) is 11.4. The molecule has 0 unspecified atom stereocenters. The molecule has 3 aliphatic heterocycles. The van der Waals surface area contributed by atoms with Crippen LogP contribution in [-0.2, 0) is 28.7 Å². The third-order valence-corrected chi connectivity index (χ3v) is 15.6. The quantitative estimate of drug-likeness (QED) is 0.00509. The smallest absolute Gasteiger partial charge is 0.337 e. The minimum Gasteiger partial charge on any atom is -0.508 e. The summed E-state index contributed by atoms with van der Waals surface area (Å²) in [7, 11) is 0. The standard InChI is InChI=1S/C58H68N8O19/c1-30-19-31(2)21-35(20-30)48-46-34(14-16-61-46)25-66(48)85-50-53(82-37-11-12-38-43(22-37)81-27-39(49(38)75)32-6-9-36(72)10-7-32)83-54(56(79,28-70)58(50,80)44(73)5-3-17-67)57(29-71,84-52(78)47(51(76)77)60-15-4-18-68)65-55(59)64-42(26-69)40-13-8-33-24-62-45(74)23-41(33)63-40/h6-14,16,18-22,25-27,33,40-42,44-45,47,50,53-54,60-63,67,70-74,79-80H,3-5,15,17,23-24,28-29H2,1-2H3,(H,76,77)(H3,59,64,65)/t33-,40-,41-,42+,44-,45+,47-,50-,53+,54-,56+,57-,58+/m1/s1. The van der Waals surface area contributed by atoms with E-state index in [1.807, 2.05) is 32.0 Å². The Hall–Kier alpha value is -8.06. The van der Waals surface area contributed by atoms with E-state index in [0.717, 1.165) is 11.1 Å². The highest BCUT2D eigenvalue weighted by atomic mass is 16.8. The first-order valence-electron chi connectivity index (χ1n) is 27.3. The molecule has 27 nitrogen and oxygen atoms in total. The number of guanidine groups is 1. The van der Waals surface area contributed by atoms with Crippen LogP contribution in [0.1, 0.15) is 36.8 Å². The minimum atomic E-state index is -3.55. The number of rotatable bonds is 24. The molecule has 2 saturated heterocycles. The second kappa shape index (κ2) is 25.7. The van der Waals surface area contributed by atoms with Crippen molar-refractivity contribution in [3.8, 4) is 33.9 Å². The number of piperidine rings is 1. The van der Waals surface area contributed by atoms with Crippen molar-refractivity contribution in [2.75, 3.05) is 32.9 Å². The number of ether oxygens (including phenoxy) is 3. The molecule has 13 atom stereocenters. The number of H-pyrrole nitrogens is 1. The lowest BCUT2D eigenvalue weighted by atomic mass is 9.66. The van der Waals surface area contributed by atoms with Crippen molar-refractivity contribution in [1.29, 1.82) is 0 Å². The van der Waals surface area contributed by atoms with Gasteiger partial charge in [0.05, 0.1) is 41.4 Å². The van der Waals surface area contributed by atoms with Gasteiger partial charge in [0.15, 0.2) is 28.7 Å². The normalized spacial score (nSPS) is 25.9. The first-order chi connectivity index (χ1) is 40.7. The number of nitrogens with zero attached hydrogens (tertiary/aromatic N) is 2. The van der Waals surface area contributed by atoms with Crippen molar-refractivity contribution in [1.82, 2.24) is 31.0 Å². The summed E-state index contributed by atoms with van der Waals surface area (Å²) in [4.78, 5) is 79.9. The van der Waals surface area contributed by atoms with Crippen LogP contribution in [0.5, 0.6) is 11.5 Å². The lowest BCUT2D eigenvalue weighted by Gasteiger charge is -2.59. The number of esters is 1. The number of aldehydes is 2. The number of carbonyl (C=O) groups excluding carboxylic acids is 3. The predicted octanol–water partition coefficient (Wildman–Crippen LogP) is -0.919. The Morgan fingerprint density at radius 2 is 1.78 bits per heavy atom. The number of hydrogen-bond donors (Lipinski definition) is 15. The number of carboxylic acid groups (broad SMARTS) is 1. The van der Waals surface area contributed by atoms with Gasteiger partial charge >= 0.3 is 11.9 Å². The van der Waals surface area contributed by atoms with Crippen LogP contribution in [0.4, 0.5) is 0 Å². The number of hydrogen-bond acceptors (Lipinski definition) is 22. The fourth-order valence-corrected chi connectivity index (χ4v) is 11.4. The number of aromatic nitrogens is 2. The monoisotopic (exact) mass is 1180 g/mol. The van der Waals surface area contributed by atoms with Crippen LogP contribution in [0, 0.1) is 19.8 Å². The maximum absolute atomic E-state index is 14.5. The summed E-state index contributed by atoms with van der Waals surface area (Å²) in [6.07, 6.45) is -2.95. The fraction of sp³-hybridized carbons (Fsp3) is 0.414. The summed E-state index contributed by atoms with van der Waals surface area (Å²) in [6.45, 7) is -0.245. The van der Waals surface area contributed by atoms with Gasteiger partial charge < -0.3 is 100 Å². The van der Waals surface area contributed by atoms with Crippen molar-refractivity contribution in [2.45, 2.75) is 111 Å². The van der Waals surface area contributed by atoms with Gasteiger partial charge in [-0.3, -0.25) is 15.4 Å². The Kier molecular flexibility index (Phi) is 18.6. The van der Waals surface area contributed by atoms with Gasteiger partial charge in [0, 0.05) is 67.7 Å². The highest BCUT2D eigenvalue weighted by Crippen LogP contribution is 2.47. The summed E-state index contributed by atoms with van der Waals surface area (Å²) < 4.78 is 26.3. The molecule has 0 saturated carbocycles. The largest absolute Gasteiger partial charge is 0.508 e. The van der Waals surface area contributed by atoms with E-state index < -0.39 is 122 Å². The van der Waals surface area contributed by atoms with Gasteiger partial charge in [-0.2, -0.15) is 4.73 Å². The topological polar surface area (TPSA) is 425 Å². The SMILES string of the molecule is Cc1cc(C)cc(-c2c3[nH]ccc3cn2O[C@@H]2[C@@H](Oc3ccc4c(=O)c(-c5ccc(O)cc5)coc4c3)O[C@@H]([C@](CO)(NC(N)=N[C@@H](C=O)[C@H]3C=C[C@@H]4CN[C@@H](O)C[C@H]4N3)OC(=O)[C@H](NCCC=O)C(=O)O)[C@@](O)(CO)[C@]2(O)[C@H](O)CCCO)c1. The number of nitrogens with one attached hydrogen (secondary N) is 5. The molecule has 3 aromatic heterocycles. The third-order valence-electron chi connectivity index (χ3n) is 15.6. The van der Waals surface area contributed by atoms with Crippen LogP contribution >= 0.6 is 0 Å². The molecule has 16 N–H and O–H groups in total. The number of aryl methyl sites for hydroxylation is 2. The van der Waals surface area contributed by atoms with Crippen LogP contribution in [0.3, 0.4) is 0 Å². The number of aromatic hydroxyl groups is 1. The Labute approximate surface area is 484 Å². The average molecular weight is 1180 g/mol. The van der Waals surface area contributed by atoms with Gasteiger partial charge in [-0.25, -0.2) is 14.6 Å². The Morgan fingerprint density at radius 1 is 1.02 bits per heavy atom. The molecular formula is C58H68N8O19. The number of aliphatic imine (C=N–C) groups is 1. The maximum Gasteiger partial charge on any atom is 0.337 e. The van der Waals surface area contributed by atoms with Crippen LogP contribution in [0.15, 0.2) is 112 Å². The number of phenolic OH excluding ortho intramolecular Hbond substituents is 1. The van der Waals surface area contributed by atoms with E-state index in [1.165, 1.54) is 59.7 Å². The van der Waals surface area contributed by atoms with Crippen LogP contribution < -0.4 is 42.0 Å². The van der Waals surface area contributed by atoms with E-state index in [9.17, 15) is 69.9 Å². The number of aromatic amines is 1. The second-order valence-corrected chi connectivity index (χ2v) is 21.4. The molecule has 0 aliphatic carbocycles. The second-order valence-electron chi connectivity index (χ2n) is 21.4. The van der Waals surface area contributed by atoms with Crippen LogP contribution in [0.2, 0.25) is 0 Å². The predicted molar refractivity (Wildman–Crippen MR) is 302 cm³/mol. The number of aliphatic hydroxyl groups excluding tert-OH is 5. The van der Waals surface area contributed by atoms with E-state index >= 15 is 0 Å². The Bertz CT molecular complexity index is 3490. The van der Waals surface area contributed by atoms with Gasteiger partial charge in [0.1, 0.15) is 60.5 Å². The van der Waals surface area contributed by atoms with Crippen molar-refractivity contribution < 1.29 is 88.6 Å². The first kappa shape index (κ1) is 61.5. The summed E-state index contributed by atoms with van der Waals surface area (Å²) in [5.41, 5.74) is -0.749. The molecule has 85 heavy (non-hydrogen) atoms. The van der Waals surface area contributed by atoms with Crippen LogP contribution in [0.25, 0.3) is 44.3 Å². The highest BCUT2D eigenvalue weighted by Gasteiger charge is 2.75. The molecule has 3 aliphatic rings. The average Bonchev–Trinajstić information content (AvgIpc) is 0.766. The van der Waals surface area contributed by atoms with Crippen molar-refractivity contribution in [3.05, 3.63) is 119 Å². The lowest BCUT2D eigenvalue weighted by Crippen LogP contribution is -2.86. The molecule has 6 heterocycles. The summed E-state index contributed by atoms with van der Waals surface area (Å²) >= 11 is 0. The number of carbonyl (C=O) groups is 4. The Morgan fingerprint density at radius 3 is 2.46 bits per heavy atom. The van der Waals surface area contributed by atoms with E-state index in [1.54, 1.807) is 24.4 Å². The Balaban J connectivity index is 1.23. The number of benzene rings is 3. The third kappa shape index (κ3) is 12.3. The van der Waals surface area contributed by atoms with E-state index in [4.69, 9.17) is 29.2 Å². The van der Waals surface area contributed by atoms with E-state index in [-0.39, 0.29) is 59.3 Å². The number of fused-ring (bicyclic) bond motifs is 3. The molecule has 9 rings (SSSR count). The zero-order valence-electron chi connectivity index (χ0n) is 46.1. The van der Waals surface area contributed by atoms with Gasteiger partial charge in [-0.05, 0) is 74.7 Å². The molecule has 0 amide bonds. The van der Waals surface area contributed by atoms with E-state index in [0.29, 0.717) is 46.8 Å². The van der Waals surface area contributed by atoms with Crippen molar-refractivity contribution >= 4 is 52.3 Å².